The molecule has 4 nitrogen and oxygen atoms in total. The highest BCUT2D eigenvalue weighted by Gasteiger charge is 2.32. The number of fused-ring (bicyclic) bond motifs is 1. The first-order valence-corrected chi connectivity index (χ1v) is 9.37. The smallest absolute Gasteiger partial charge is 0.225 e. The molecule has 0 saturated heterocycles. The summed E-state index contributed by atoms with van der Waals surface area (Å²) in [4.78, 5) is 13.5. The summed E-state index contributed by atoms with van der Waals surface area (Å²) >= 11 is 1.56. The molecule has 1 amide bonds. The minimum absolute atomic E-state index is 0.0681. The highest BCUT2D eigenvalue weighted by Crippen LogP contribution is 2.48. The molecule has 3 aromatic rings. The molecule has 4 rings (SSSR count). The van der Waals surface area contributed by atoms with E-state index in [2.05, 4.69) is 5.32 Å². The highest BCUT2D eigenvalue weighted by atomic mass is 32.1. The van der Waals surface area contributed by atoms with Crippen LogP contribution in [-0.2, 0) is 4.79 Å². The lowest BCUT2D eigenvalue weighted by Gasteiger charge is -2.25. The maximum Gasteiger partial charge on any atom is 0.225 e. The number of rotatable bonds is 4. The van der Waals surface area contributed by atoms with Crippen molar-refractivity contribution in [3.8, 4) is 22.6 Å². The van der Waals surface area contributed by atoms with E-state index in [1.54, 1.807) is 31.6 Å². The predicted octanol–water partition coefficient (Wildman–Crippen LogP) is 5.05. The Balaban J connectivity index is 1.82. The molecular weight excluding hydrogens is 365 g/mol. The number of hydrogen-bond donors (Lipinski definition) is 1. The molecule has 6 heteroatoms. The van der Waals surface area contributed by atoms with Gasteiger partial charge in [-0.05, 0) is 23.8 Å². The maximum absolute atomic E-state index is 13.7. The van der Waals surface area contributed by atoms with Crippen molar-refractivity contribution >= 4 is 22.9 Å². The number of carbonyl (C=O) groups excluding carboxylic acids is 1. The van der Waals surface area contributed by atoms with Gasteiger partial charge in [-0.3, -0.25) is 4.79 Å². The number of amides is 1. The van der Waals surface area contributed by atoms with Crippen molar-refractivity contribution in [2.24, 2.45) is 0 Å². The maximum atomic E-state index is 13.7. The zero-order valence-corrected chi connectivity index (χ0v) is 15.7. The van der Waals surface area contributed by atoms with Crippen LogP contribution in [0.3, 0.4) is 0 Å². The average molecular weight is 383 g/mol. The number of thiophene rings is 1. The lowest BCUT2D eigenvalue weighted by atomic mass is 9.88. The molecule has 1 aliphatic rings. The van der Waals surface area contributed by atoms with Crippen molar-refractivity contribution in [2.45, 2.75) is 12.3 Å². The van der Waals surface area contributed by atoms with Gasteiger partial charge in [0.1, 0.15) is 17.3 Å². The summed E-state index contributed by atoms with van der Waals surface area (Å²) in [6, 6.07) is 12.0. The van der Waals surface area contributed by atoms with Gasteiger partial charge in [0, 0.05) is 39.8 Å². The van der Waals surface area contributed by atoms with Crippen molar-refractivity contribution in [1.82, 2.24) is 0 Å². The standard InChI is InChI=1S/C21H18FNO3S/c1-25-14-6-7-15(18(9-14)26-2)16-10-19(24)23-20-17(11-27-21(16)20)12-4-3-5-13(22)8-12/h3-9,11,16H,10H2,1-2H3,(H,23,24). The molecule has 1 aliphatic heterocycles. The van der Waals surface area contributed by atoms with Crippen LogP contribution in [0.2, 0.25) is 0 Å². The monoisotopic (exact) mass is 383 g/mol. The summed E-state index contributed by atoms with van der Waals surface area (Å²) in [5.41, 5.74) is 3.27. The zero-order chi connectivity index (χ0) is 19.0. The number of carbonyl (C=O) groups is 1. The second kappa shape index (κ2) is 7.04. The van der Waals surface area contributed by atoms with E-state index in [1.165, 1.54) is 12.1 Å². The largest absolute Gasteiger partial charge is 0.497 e. The van der Waals surface area contributed by atoms with Gasteiger partial charge in [-0.15, -0.1) is 11.3 Å². The molecule has 2 aromatic carbocycles. The molecule has 0 bridgehead atoms. The molecule has 0 spiro atoms. The van der Waals surface area contributed by atoms with Gasteiger partial charge in [-0.2, -0.15) is 0 Å². The van der Waals surface area contributed by atoms with Crippen LogP contribution in [0.4, 0.5) is 10.1 Å². The lowest BCUT2D eigenvalue weighted by Crippen LogP contribution is -2.22. The quantitative estimate of drug-likeness (QED) is 0.686. The molecule has 0 radical (unpaired) electrons. The molecule has 0 aliphatic carbocycles. The number of hydrogen-bond acceptors (Lipinski definition) is 4. The van der Waals surface area contributed by atoms with E-state index in [0.717, 1.165) is 27.3 Å². The van der Waals surface area contributed by atoms with E-state index < -0.39 is 0 Å². The van der Waals surface area contributed by atoms with Crippen molar-refractivity contribution in [1.29, 1.82) is 0 Å². The van der Waals surface area contributed by atoms with Crippen molar-refractivity contribution < 1.29 is 18.7 Å². The number of methoxy groups -OCH3 is 2. The van der Waals surface area contributed by atoms with Gasteiger partial charge in [0.2, 0.25) is 5.91 Å². The molecule has 1 atom stereocenters. The van der Waals surface area contributed by atoms with Crippen LogP contribution >= 0.6 is 11.3 Å². The second-order valence-corrected chi connectivity index (χ2v) is 7.22. The topological polar surface area (TPSA) is 47.6 Å². The van der Waals surface area contributed by atoms with Crippen molar-refractivity contribution in [3.05, 3.63) is 64.1 Å². The molecule has 2 heterocycles. The van der Waals surface area contributed by atoms with Crippen LogP contribution in [0, 0.1) is 5.82 Å². The van der Waals surface area contributed by atoms with E-state index >= 15 is 0 Å². The highest BCUT2D eigenvalue weighted by molar-refractivity contribution is 7.11. The Kier molecular flexibility index (Phi) is 4.58. The summed E-state index contributed by atoms with van der Waals surface area (Å²) in [5, 5.41) is 4.94. The van der Waals surface area contributed by atoms with Gasteiger partial charge in [0.15, 0.2) is 0 Å². The Morgan fingerprint density at radius 3 is 2.74 bits per heavy atom. The average Bonchev–Trinajstić information content (AvgIpc) is 3.10. The van der Waals surface area contributed by atoms with E-state index in [0.29, 0.717) is 17.9 Å². The van der Waals surface area contributed by atoms with E-state index in [1.807, 2.05) is 29.6 Å². The van der Waals surface area contributed by atoms with Crippen LogP contribution in [0.15, 0.2) is 47.8 Å². The molecule has 1 aromatic heterocycles. The molecule has 0 saturated carbocycles. The summed E-state index contributed by atoms with van der Waals surface area (Å²) in [7, 11) is 3.21. The first kappa shape index (κ1) is 17.5. The van der Waals surface area contributed by atoms with Crippen LogP contribution in [0.25, 0.3) is 11.1 Å². The molecule has 27 heavy (non-hydrogen) atoms. The molecular formula is C21H18FNO3S. The number of ether oxygens (including phenoxy) is 2. The van der Waals surface area contributed by atoms with Gasteiger partial charge < -0.3 is 14.8 Å². The summed E-state index contributed by atoms with van der Waals surface area (Å²) in [5.74, 6) is 0.884. The molecule has 138 valence electrons. The van der Waals surface area contributed by atoms with Gasteiger partial charge in [0.05, 0.1) is 19.9 Å². The van der Waals surface area contributed by atoms with Crippen molar-refractivity contribution in [3.63, 3.8) is 0 Å². The Morgan fingerprint density at radius 2 is 2.00 bits per heavy atom. The fourth-order valence-corrected chi connectivity index (χ4v) is 4.60. The molecule has 1 unspecified atom stereocenters. The number of anilines is 1. The SMILES string of the molecule is COc1ccc(C2CC(=O)Nc3c(-c4cccc(F)c4)csc32)c(OC)c1. The van der Waals surface area contributed by atoms with Crippen LogP contribution < -0.4 is 14.8 Å². The minimum atomic E-state index is -0.303. The zero-order valence-electron chi connectivity index (χ0n) is 14.9. The van der Waals surface area contributed by atoms with Crippen LogP contribution in [-0.4, -0.2) is 20.1 Å². The van der Waals surface area contributed by atoms with Gasteiger partial charge in [0.25, 0.3) is 0 Å². The Labute approximate surface area is 160 Å². The third kappa shape index (κ3) is 3.17. The van der Waals surface area contributed by atoms with Gasteiger partial charge in [-0.1, -0.05) is 18.2 Å². The first-order chi connectivity index (χ1) is 13.1. The van der Waals surface area contributed by atoms with Crippen molar-refractivity contribution in [2.75, 3.05) is 19.5 Å². The predicted molar refractivity (Wildman–Crippen MR) is 104 cm³/mol. The first-order valence-electron chi connectivity index (χ1n) is 8.49. The molecule has 1 N–H and O–H groups in total. The summed E-state index contributed by atoms with van der Waals surface area (Å²) in [6.07, 6.45) is 0.332. The van der Waals surface area contributed by atoms with Crippen LogP contribution in [0.5, 0.6) is 11.5 Å². The summed E-state index contributed by atoms with van der Waals surface area (Å²) < 4.78 is 24.5. The van der Waals surface area contributed by atoms with E-state index in [9.17, 15) is 9.18 Å². The Bertz CT molecular complexity index is 1010. The van der Waals surface area contributed by atoms with E-state index in [-0.39, 0.29) is 17.6 Å². The molecule has 0 fully saturated rings. The number of halogens is 1. The second-order valence-electron chi connectivity index (χ2n) is 6.31. The van der Waals surface area contributed by atoms with Gasteiger partial charge >= 0.3 is 0 Å². The van der Waals surface area contributed by atoms with Gasteiger partial charge in [-0.25, -0.2) is 4.39 Å². The number of nitrogens with one attached hydrogen (secondary N) is 1. The Morgan fingerprint density at radius 1 is 1.15 bits per heavy atom. The third-order valence-corrected chi connectivity index (χ3v) is 5.84. The Hall–Kier alpha value is -2.86. The van der Waals surface area contributed by atoms with E-state index in [4.69, 9.17) is 9.47 Å². The summed E-state index contributed by atoms with van der Waals surface area (Å²) in [6.45, 7) is 0. The van der Waals surface area contributed by atoms with Crippen LogP contribution in [0.1, 0.15) is 22.8 Å². The fraction of sp³-hybridized carbons (Fsp3) is 0.190. The number of benzene rings is 2. The minimum Gasteiger partial charge on any atom is -0.497 e. The third-order valence-electron chi connectivity index (χ3n) is 4.74. The fourth-order valence-electron chi connectivity index (χ4n) is 3.45. The normalized spacial score (nSPS) is 15.8. The lowest BCUT2D eigenvalue weighted by molar-refractivity contribution is -0.116.